The summed E-state index contributed by atoms with van der Waals surface area (Å²) in [6, 6.07) is 4.73. The van der Waals surface area contributed by atoms with Gasteiger partial charge in [-0.1, -0.05) is 29.3 Å². The first kappa shape index (κ1) is 14.6. The summed E-state index contributed by atoms with van der Waals surface area (Å²) in [5.41, 5.74) is 0. The number of fused-ring (bicyclic) bond motifs is 1. The first-order valence-corrected chi connectivity index (χ1v) is 8.84. The maximum atomic E-state index is 12.7. The van der Waals surface area contributed by atoms with Gasteiger partial charge >= 0.3 is 0 Å². The molecule has 2 heterocycles. The highest BCUT2D eigenvalue weighted by Crippen LogP contribution is 2.34. The van der Waals surface area contributed by atoms with Crippen molar-refractivity contribution < 1.29 is 8.42 Å². The summed E-state index contributed by atoms with van der Waals surface area (Å²) < 4.78 is 27.0. The van der Waals surface area contributed by atoms with E-state index in [0.717, 1.165) is 19.5 Å². The van der Waals surface area contributed by atoms with Gasteiger partial charge in [0, 0.05) is 13.1 Å². The number of hydrogen-bond donors (Lipinski definition) is 1. The molecular weight excluding hydrogens is 319 g/mol. The van der Waals surface area contributed by atoms with Gasteiger partial charge in [-0.25, -0.2) is 8.42 Å². The third-order valence-electron chi connectivity index (χ3n) is 4.20. The molecule has 0 saturated carbocycles. The van der Waals surface area contributed by atoms with Gasteiger partial charge in [-0.05, 0) is 43.5 Å². The molecule has 0 amide bonds. The second kappa shape index (κ2) is 5.46. The molecule has 1 aromatic carbocycles. The predicted molar refractivity (Wildman–Crippen MR) is 79.7 cm³/mol. The van der Waals surface area contributed by atoms with E-state index in [1.54, 1.807) is 16.4 Å². The van der Waals surface area contributed by atoms with Crippen LogP contribution in [0.1, 0.15) is 6.42 Å². The molecule has 2 unspecified atom stereocenters. The average Bonchev–Trinajstić information content (AvgIpc) is 2.89. The summed E-state index contributed by atoms with van der Waals surface area (Å²) in [4.78, 5) is 0.107. The molecule has 2 saturated heterocycles. The van der Waals surface area contributed by atoms with Crippen LogP contribution in [-0.4, -0.2) is 38.9 Å². The lowest BCUT2D eigenvalue weighted by Gasteiger charge is -2.33. The number of sulfonamides is 1. The highest BCUT2D eigenvalue weighted by Gasteiger charge is 2.38. The third kappa shape index (κ3) is 2.46. The third-order valence-corrected chi connectivity index (χ3v) is 7.04. The molecule has 0 radical (unpaired) electrons. The fourth-order valence-electron chi connectivity index (χ4n) is 3.04. The van der Waals surface area contributed by atoms with Crippen LogP contribution in [0.2, 0.25) is 10.0 Å². The molecular formula is C13H16Cl2N2O2S. The van der Waals surface area contributed by atoms with Crippen LogP contribution in [0.4, 0.5) is 0 Å². The second-order valence-corrected chi connectivity index (χ2v) is 8.07. The van der Waals surface area contributed by atoms with Gasteiger partial charge in [-0.2, -0.15) is 4.31 Å². The number of halogens is 2. The zero-order valence-corrected chi connectivity index (χ0v) is 13.2. The molecule has 2 aliphatic heterocycles. The van der Waals surface area contributed by atoms with Crippen molar-refractivity contribution in [2.45, 2.75) is 11.3 Å². The molecule has 0 bridgehead atoms. The largest absolute Gasteiger partial charge is 0.316 e. The summed E-state index contributed by atoms with van der Waals surface area (Å²) >= 11 is 12.0. The van der Waals surface area contributed by atoms with Gasteiger partial charge in [0.15, 0.2) is 0 Å². The van der Waals surface area contributed by atoms with Crippen LogP contribution in [0.5, 0.6) is 0 Å². The van der Waals surface area contributed by atoms with Crippen molar-refractivity contribution in [1.82, 2.24) is 9.62 Å². The summed E-state index contributed by atoms with van der Waals surface area (Å²) in [6.07, 6.45) is 0.898. The van der Waals surface area contributed by atoms with Gasteiger partial charge in [0.2, 0.25) is 10.0 Å². The summed E-state index contributed by atoms with van der Waals surface area (Å²) in [6.45, 7) is 2.99. The molecule has 0 spiro atoms. The van der Waals surface area contributed by atoms with Crippen molar-refractivity contribution in [2.75, 3.05) is 26.2 Å². The topological polar surface area (TPSA) is 49.4 Å². The Morgan fingerprint density at radius 1 is 1.20 bits per heavy atom. The van der Waals surface area contributed by atoms with Gasteiger partial charge in [-0.15, -0.1) is 0 Å². The SMILES string of the molecule is O=S(=O)(c1cccc(Cl)c1Cl)N1CCC2CNCC2C1. The summed E-state index contributed by atoms with van der Waals surface area (Å²) in [5, 5.41) is 3.71. The Balaban J connectivity index is 1.90. The molecule has 1 aromatic rings. The highest BCUT2D eigenvalue weighted by atomic mass is 35.5. The molecule has 1 N–H and O–H groups in total. The number of rotatable bonds is 2. The quantitative estimate of drug-likeness (QED) is 0.902. The number of hydrogen-bond acceptors (Lipinski definition) is 3. The van der Waals surface area contributed by atoms with Gasteiger partial charge in [0.1, 0.15) is 4.90 Å². The fraction of sp³-hybridized carbons (Fsp3) is 0.538. The van der Waals surface area contributed by atoms with Crippen LogP contribution >= 0.6 is 23.2 Å². The lowest BCUT2D eigenvalue weighted by molar-refractivity contribution is 0.228. The van der Waals surface area contributed by atoms with Crippen molar-refractivity contribution >= 4 is 33.2 Å². The molecule has 110 valence electrons. The smallest absolute Gasteiger partial charge is 0.244 e. The standard InChI is InChI=1S/C13H16Cl2N2O2S/c14-11-2-1-3-12(13(11)15)20(18,19)17-5-4-9-6-16-7-10(9)8-17/h1-3,9-10,16H,4-8H2. The van der Waals surface area contributed by atoms with E-state index in [1.165, 1.54) is 6.07 Å². The van der Waals surface area contributed by atoms with Crippen LogP contribution in [0, 0.1) is 11.8 Å². The van der Waals surface area contributed by atoms with Gasteiger partial charge < -0.3 is 5.32 Å². The predicted octanol–water partition coefficient (Wildman–Crippen LogP) is 2.22. The summed E-state index contributed by atoms with van der Waals surface area (Å²) in [5.74, 6) is 0.993. The Morgan fingerprint density at radius 2 is 1.95 bits per heavy atom. The van der Waals surface area contributed by atoms with Crippen LogP contribution in [0.25, 0.3) is 0 Å². The molecule has 20 heavy (non-hydrogen) atoms. The van der Waals surface area contributed by atoms with E-state index in [9.17, 15) is 8.42 Å². The van der Waals surface area contributed by atoms with Crippen LogP contribution in [-0.2, 0) is 10.0 Å². The molecule has 2 atom stereocenters. The first-order chi connectivity index (χ1) is 9.50. The van der Waals surface area contributed by atoms with Gasteiger partial charge in [-0.3, -0.25) is 0 Å². The number of nitrogens with zero attached hydrogens (tertiary/aromatic N) is 1. The molecule has 4 nitrogen and oxygen atoms in total. The van der Waals surface area contributed by atoms with Crippen LogP contribution in [0.3, 0.4) is 0 Å². The molecule has 0 aromatic heterocycles. The van der Waals surface area contributed by atoms with E-state index in [-0.39, 0.29) is 14.9 Å². The minimum absolute atomic E-state index is 0.107. The fourth-order valence-corrected chi connectivity index (χ4v) is 5.29. The maximum absolute atomic E-state index is 12.7. The van der Waals surface area contributed by atoms with Crippen molar-refractivity contribution in [3.8, 4) is 0 Å². The first-order valence-electron chi connectivity index (χ1n) is 6.65. The van der Waals surface area contributed by atoms with Gasteiger partial charge in [0.25, 0.3) is 0 Å². The lowest BCUT2D eigenvalue weighted by Crippen LogP contribution is -2.43. The van der Waals surface area contributed by atoms with E-state index in [1.807, 2.05) is 0 Å². The normalized spacial score (nSPS) is 27.5. The average molecular weight is 335 g/mol. The maximum Gasteiger partial charge on any atom is 0.244 e. The zero-order chi connectivity index (χ0) is 14.3. The molecule has 0 aliphatic carbocycles. The van der Waals surface area contributed by atoms with E-state index in [4.69, 9.17) is 23.2 Å². The van der Waals surface area contributed by atoms with Crippen molar-refractivity contribution in [2.24, 2.45) is 11.8 Å². The number of piperidine rings is 1. The Hall–Kier alpha value is -0.330. The molecule has 2 aliphatic rings. The van der Waals surface area contributed by atoms with Gasteiger partial charge in [0.05, 0.1) is 10.0 Å². The second-order valence-electron chi connectivity index (χ2n) is 5.38. The van der Waals surface area contributed by atoms with Crippen molar-refractivity contribution in [1.29, 1.82) is 0 Å². The molecule has 3 rings (SSSR count). The van der Waals surface area contributed by atoms with Crippen molar-refractivity contribution in [3.63, 3.8) is 0 Å². The Morgan fingerprint density at radius 3 is 2.75 bits per heavy atom. The van der Waals surface area contributed by atoms with E-state index in [0.29, 0.717) is 24.9 Å². The van der Waals surface area contributed by atoms with Crippen LogP contribution < -0.4 is 5.32 Å². The van der Waals surface area contributed by atoms with E-state index < -0.39 is 10.0 Å². The number of benzene rings is 1. The lowest BCUT2D eigenvalue weighted by atomic mass is 9.90. The molecule has 2 fully saturated rings. The number of nitrogens with one attached hydrogen (secondary N) is 1. The van der Waals surface area contributed by atoms with Crippen molar-refractivity contribution in [3.05, 3.63) is 28.2 Å². The summed E-state index contributed by atoms with van der Waals surface area (Å²) in [7, 11) is -3.56. The zero-order valence-electron chi connectivity index (χ0n) is 10.9. The van der Waals surface area contributed by atoms with E-state index in [2.05, 4.69) is 5.32 Å². The van der Waals surface area contributed by atoms with E-state index >= 15 is 0 Å². The monoisotopic (exact) mass is 334 g/mol. The Labute approximate surface area is 129 Å². The van der Waals surface area contributed by atoms with Crippen LogP contribution in [0.15, 0.2) is 23.1 Å². The Bertz CT molecular complexity index is 621. The Kier molecular flexibility index (Phi) is 3.99. The minimum atomic E-state index is -3.56. The molecule has 7 heteroatoms. The highest BCUT2D eigenvalue weighted by molar-refractivity contribution is 7.89. The minimum Gasteiger partial charge on any atom is -0.316 e.